The van der Waals surface area contributed by atoms with Gasteiger partial charge in [0.15, 0.2) is 5.16 Å². The molecule has 1 aliphatic rings. The van der Waals surface area contributed by atoms with Gasteiger partial charge < -0.3 is 10.2 Å². The maximum absolute atomic E-state index is 13.9. The first kappa shape index (κ1) is 23.9. The van der Waals surface area contributed by atoms with E-state index < -0.39 is 5.82 Å². The van der Waals surface area contributed by atoms with Crippen LogP contribution in [0.3, 0.4) is 0 Å². The monoisotopic (exact) mass is 481 g/mol. The van der Waals surface area contributed by atoms with Crippen LogP contribution in [0.1, 0.15) is 40.2 Å². The Morgan fingerprint density at radius 2 is 1.82 bits per heavy atom. The van der Waals surface area contributed by atoms with Gasteiger partial charge in [0.1, 0.15) is 11.6 Å². The Balaban J connectivity index is 1.31. The molecule has 2 aromatic carbocycles. The maximum Gasteiger partial charge on any atom is 0.256 e. The van der Waals surface area contributed by atoms with Crippen LogP contribution in [-0.2, 0) is 4.79 Å². The third-order valence-electron chi connectivity index (χ3n) is 5.98. The Bertz CT molecular complexity index is 1200. The highest BCUT2D eigenvalue weighted by Crippen LogP contribution is 2.25. The number of carbonyl (C=O) groups is 2. The first-order chi connectivity index (χ1) is 16.3. The van der Waals surface area contributed by atoms with Crippen LogP contribution in [-0.4, -0.2) is 56.4 Å². The zero-order valence-corrected chi connectivity index (χ0v) is 20.4. The Morgan fingerprint density at radius 3 is 2.56 bits per heavy atom. The molecule has 1 N–H and O–H groups in total. The van der Waals surface area contributed by atoms with Gasteiger partial charge in [0.05, 0.1) is 17.0 Å². The smallest absolute Gasteiger partial charge is 0.256 e. The minimum absolute atomic E-state index is 0.0172. The number of nitrogens with zero attached hydrogens (tertiary/aromatic N) is 4. The highest BCUT2D eigenvalue weighted by molar-refractivity contribution is 7.99. The number of likely N-dealkylation sites (tertiary alicyclic amines) is 1. The molecule has 2 heterocycles. The van der Waals surface area contributed by atoms with Crippen LogP contribution in [0.5, 0.6) is 0 Å². The van der Waals surface area contributed by atoms with Crippen LogP contribution in [0.15, 0.2) is 47.6 Å². The van der Waals surface area contributed by atoms with Gasteiger partial charge in [-0.25, -0.2) is 4.39 Å². The van der Waals surface area contributed by atoms with Gasteiger partial charge in [0.25, 0.3) is 5.91 Å². The molecule has 1 fully saturated rings. The van der Waals surface area contributed by atoms with E-state index in [0.717, 1.165) is 22.6 Å². The number of aromatic nitrogens is 3. The number of hydrogen-bond acceptors (Lipinski definition) is 5. The zero-order valence-electron chi connectivity index (χ0n) is 19.5. The Morgan fingerprint density at radius 1 is 1.09 bits per heavy atom. The second kappa shape index (κ2) is 10.4. The van der Waals surface area contributed by atoms with E-state index in [9.17, 15) is 14.0 Å². The molecule has 178 valence electrons. The summed E-state index contributed by atoms with van der Waals surface area (Å²) in [5.74, 6) is 0.0844. The fourth-order valence-electron chi connectivity index (χ4n) is 4.11. The van der Waals surface area contributed by atoms with Gasteiger partial charge in [-0.05, 0) is 62.9 Å². The predicted octanol–water partition coefficient (Wildman–Crippen LogP) is 3.84. The topological polar surface area (TPSA) is 80.1 Å². The number of hydrogen-bond donors (Lipinski definition) is 1. The van der Waals surface area contributed by atoms with Crippen LogP contribution in [0.2, 0.25) is 0 Å². The summed E-state index contributed by atoms with van der Waals surface area (Å²) in [6, 6.07) is 12.2. The molecule has 34 heavy (non-hydrogen) atoms. The Hall–Kier alpha value is -3.20. The molecule has 0 saturated carbocycles. The van der Waals surface area contributed by atoms with Crippen LogP contribution in [0, 0.1) is 26.6 Å². The molecular weight excluding hydrogens is 453 g/mol. The van der Waals surface area contributed by atoms with E-state index >= 15 is 0 Å². The normalized spacial score (nSPS) is 14.3. The van der Waals surface area contributed by atoms with Gasteiger partial charge in [-0.15, -0.1) is 10.2 Å². The lowest BCUT2D eigenvalue weighted by Gasteiger charge is -2.32. The quantitative estimate of drug-likeness (QED) is 0.541. The highest BCUT2D eigenvalue weighted by Gasteiger charge is 2.26. The molecule has 0 spiro atoms. The zero-order chi connectivity index (χ0) is 24.2. The van der Waals surface area contributed by atoms with Crippen molar-refractivity contribution in [3.63, 3.8) is 0 Å². The molecule has 7 nitrogen and oxygen atoms in total. The Labute approximate surface area is 202 Å². The number of rotatable bonds is 6. The number of carbonyl (C=O) groups excluding carboxylic acids is 2. The minimum Gasteiger partial charge on any atom is -0.353 e. The summed E-state index contributed by atoms with van der Waals surface area (Å²) in [5.41, 5.74) is 3.35. The number of halogens is 1. The highest BCUT2D eigenvalue weighted by atomic mass is 32.2. The van der Waals surface area contributed by atoms with Crippen molar-refractivity contribution in [1.29, 1.82) is 0 Å². The molecular formula is C25H28FN5O2S. The molecule has 9 heteroatoms. The van der Waals surface area contributed by atoms with Gasteiger partial charge in [0, 0.05) is 19.1 Å². The number of aryl methyl sites for hydroxylation is 3. The summed E-state index contributed by atoms with van der Waals surface area (Å²) in [7, 11) is 0. The number of thioether (sulfide) groups is 1. The van der Waals surface area contributed by atoms with E-state index in [1.807, 2.05) is 25.3 Å². The van der Waals surface area contributed by atoms with Crippen LogP contribution in [0.25, 0.3) is 5.69 Å². The SMILES string of the molecule is Cc1ccc(C)c(-n2c(C)nnc2SCC(=O)NC2CCN(C(=O)c3ccccc3F)CC2)c1. The molecule has 2 amide bonds. The third-order valence-corrected chi connectivity index (χ3v) is 6.91. The lowest BCUT2D eigenvalue weighted by Crippen LogP contribution is -2.47. The van der Waals surface area contributed by atoms with Gasteiger partial charge in [-0.1, -0.05) is 36.0 Å². The maximum atomic E-state index is 13.9. The van der Waals surface area contributed by atoms with Crippen molar-refractivity contribution in [1.82, 2.24) is 25.0 Å². The number of piperidine rings is 1. The summed E-state index contributed by atoms with van der Waals surface area (Å²) in [6.45, 7) is 6.93. The second-order valence-corrected chi connectivity index (χ2v) is 9.50. The first-order valence-corrected chi connectivity index (χ1v) is 12.3. The van der Waals surface area contributed by atoms with Crippen LogP contribution < -0.4 is 5.32 Å². The molecule has 4 rings (SSSR count). The summed E-state index contributed by atoms with van der Waals surface area (Å²) >= 11 is 1.35. The average molecular weight is 482 g/mol. The molecule has 0 atom stereocenters. The summed E-state index contributed by atoms with van der Waals surface area (Å²) < 4.78 is 15.9. The fraction of sp³-hybridized carbons (Fsp3) is 0.360. The molecule has 0 radical (unpaired) electrons. The number of amides is 2. The van der Waals surface area contributed by atoms with E-state index in [-0.39, 0.29) is 29.2 Å². The minimum atomic E-state index is -0.510. The van der Waals surface area contributed by atoms with Crippen molar-refractivity contribution in [3.05, 3.63) is 70.8 Å². The summed E-state index contributed by atoms with van der Waals surface area (Å²) in [6.07, 6.45) is 1.27. The summed E-state index contributed by atoms with van der Waals surface area (Å²) in [5, 5.41) is 12.2. The van der Waals surface area contributed by atoms with Gasteiger partial charge >= 0.3 is 0 Å². The molecule has 1 saturated heterocycles. The summed E-state index contributed by atoms with van der Waals surface area (Å²) in [4.78, 5) is 26.9. The largest absolute Gasteiger partial charge is 0.353 e. The molecule has 3 aromatic rings. The molecule has 1 aromatic heterocycles. The first-order valence-electron chi connectivity index (χ1n) is 11.3. The van der Waals surface area contributed by atoms with Crippen molar-refractivity contribution in [2.24, 2.45) is 0 Å². The standard InChI is InChI=1S/C25H28FN5O2S/c1-16-8-9-17(2)22(14-16)31-18(3)28-29-25(31)34-15-23(32)27-19-10-12-30(13-11-19)24(33)20-6-4-5-7-21(20)26/h4-9,14,19H,10-13,15H2,1-3H3,(H,27,32). The van der Waals surface area contributed by atoms with Gasteiger partial charge in [-0.3, -0.25) is 14.2 Å². The lowest BCUT2D eigenvalue weighted by atomic mass is 10.0. The van der Waals surface area contributed by atoms with Crippen LogP contribution in [0.4, 0.5) is 4.39 Å². The van der Waals surface area contributed by atoms with Crippen LogP contribution >= 0.6 is 11.8 Å². The average Bonchev–Trinajstić information content (AvgIpc) is 3.19. The van der Waals surface area contributed by atoms with E-state index in [1.165, 1.54) is 23.9 Å². The number of nitrogens with one attached hydrogen (secondary N) is 1. The van der Waals surface area contributed by atoms with Crippen molar-refractivity contribution in [2.45, 2.75) is 44.8 Å². The lowest BCUT2D eigenvalue weighted by molar-refractivity contribution is -0.119. The van der Waals surface area contributed by atoms with E-state index in [1.54, 1.807) is 17.0 Å². The van der Waals surface area contributed by atoms with E-state index in [4.69, 9.17) is 0 Å². The van der Waals surface area contributed by atoms with Crippen molar-refractivity contribution < 1.29 is 14.0 Å². The van der Waals surface area contributed by atoms with E-state index in [2.05, 4.69) is 33.7 Å². The Kier molecular flexibility index (Phi) is 7.31. The second-order valence-electron chi connectivity index (χ2n) is 8.56. The fourth-order valence-corrected chi connectivity index (χ4v) is 4.91. The van der Waals surface area contributed by atoms with Crippen molar-refractivity contribution in [3.8, 4) is 5.69 Å². The predicted molar refractivity (Wildman–Crippen MR) is 130 cm³/mol. The van der Waals surface area contributed by atoms with Crippen molar-refractivity contribution >= 4 is 23.6 Å². The molecule has 0 bridgehead atoms. The van der Waals surface area contributed by atoms with Gasteiger partial charge in [-0.2, -0.15) is 0 Å². The third kappa shape index (κ3) is 5.30. The molecule has 0 unspecified atom stereocenters. The van der Waals surface area contributed by atoms with E-state index in [0.29, 0.717) is 31.1 Å². The number of benzene rings is 2. The van der Waals surface area contributed by atoms with Crippen molar-refractivity contribution in [2.75, 3.05) is 18.8 Å². The molecule has 1 aliphatic heterocycles. The molecule has 0 aliphatic carbocycles. The van der Waals surface area contributed by atoms with Gasteiger partial charge in [0.2, 0.25) is 5.91 Å².